The van der Waals surface area contributed by atoms with Crippen LogP contribution in [0.4, 0.5) is 0 Å². The average molecular weight is 385 g/mol. The second-order valence-corrected chi connectivity index (χ2v) is 7.97. The summed E-state index contributed by atoms with van der Waals surface area (Å²) in [4.78, 5) is 17.3. The van der Waals surface area contributed by atoms with Gasteiger partial charge < -0.3 is 10.0 Å². The van der Waals surface area contributed by atoms with Crippen molar-refractivity contribution in [2.24, 2.45) is 0 Å². The third-order valence-corrected chi connectivity index (χ3v) is 6.10. The van der Waals surface area contributed by atoms with Crippen LogP contribution >= 0.6 is 11.6 Å². The minimum absolute atomic E-state index is 0.0517. The Morgan fingerprint density at radius 1 is 1.04 bits per heavy atom. The first kappa shape index (κ1) is 18.3. The van der Waals surface area contributed by atoms with Crippen LogP contribution in [0.2, 0.25) is 5.02 Å². The summed E-state index contributed by atoms with van der Waals surface area (Å²) < 4.78 is 0. The van der Waals surface area contributed by atoms with Crippen LogP contribution in [0.5, 0.6) is 5.75 Å². The molecular weight excluding hydrogens is 360 g/mol. The molecule has 2 aromatic rings. The number of hydrogen-bond donors (Lipinski definition) is 1. The van der Waals surface area contributed by atoms with E-state index < -0.39 is 0 Å². The van der Waals surface area contributed by atoms with Gasteiger partial charge in [0, 0.05) is 32.2 Å². The first-order valence-corrected chi connectivity index (χ1v) is 10.0. The molecule has 0 atom stereocenters. The van der Waals surface area contributed by atoms with Crippen molar-refractivity contribution >= 4 is 17.5 Å². The first-order valence-electron chi connectivity index (χ1n) is 9.66. The molecule has 1 aliphatic carbocycles. The predicted octanol–water partition coefficient (Wildman–Crippen LogP) is 3.29. The molecule has 4 nitrogen and oxygen atoms in total. The van der Waals surface area contributed by atoms with E-state index in [0.29, 0.717) is 17.5 Å². The Hall–Kier alpha value is -2.04. The van der Waals surface area contributed by atoms with Crippen LogP contribution in [0, 0.1) is 0 Å². The third-order valence-electron chi connectivity index (χ3n) is 5.80. The molecule has 0 spiro atoms. The van der Waals surface area contributed by atoms with Crippen LogP contribution in [-0.2, 0) is 24.1 Å². The topological polar surface area (TPSA) is 43.8 Å². The summed E-state index contributed by atoms with van der Waals surface area (Å²) in [5.74, 6) is 0.184. The SMILES string of the molecule is O=C(Cc1ccc(O)c(Cl)c1)N1CCCN(C2Cc3ccccc3C2)CC1. The molecule has 1 N–H and O–H groups in total. The number of amides is 1. The van der Waals surface area contributed by atoms with E-state index in [1.54, 1.807) is 18.2 Å². The third kappa shape index (κ3) is 4.12. The largest absolute Gasteiger partial charge is 0.506 e. The number of benzene rings is 2. The lowest BCUT2D eigenvalue weighted by atomic mass is 10.1. The van der Waals surface area contributed by atoms with E-state index in [1.807, 2.05) is 4.90 Å². The molecule has 0 bridgehead atoms. The van der Waals surface area contributed by atoms with Crippen molar-refractivity contribution < 1.29 is 9.90 Å². The van der Waals surface area contributed by atoms with E-state index >= 15 is 0 Å². The van der Waals surface area contributed by atoms with Crippen molar-refractivity contribution in [3.63, 3.8) is 0 Å². The van der Waals surface area contributed by atoms with Crippen molar-refractivity contribution in [1.29, 1.82) is 0 Å². The Bertz CT molecular complexity index is 814. The van der Waals surface area contributed by atoms with E-state index in [4.69, 9.17) is 11.6 Å². The zero-order valence-electron chi connectivity index (χ0n) is 15.4. The van der Waals surface area contributed by atoms with Crippen molar-refractivity contribution in [2.75, 3.05) is 26.2 Å². The number of rotatable bonds is 3. The Balaban J connectivity index is 1.34. The van der Waals surface area contributed by atoms with Gasteiger partial charge in [-0.1, -0.05) is 41.9 Å². The molecule has 1 aliphatic heterocycles. The Labute approximate surface area is 165 Å². The highest BCUT2D eigenvalue weighted by molar-refractivity contribution is 6.32. The fourth-order valence-corrected chi connectivity index (χ4v) is 4.50. The fraction of sp³-hybridized carbons (Fsp3) is 0.409. The maximum atomic E-state index is 12.7. The highest BCUT2D eigenvalue weighted by atomic mass is 35.5. The molecule has 142 valence electrons. The summed E-state index contributed by atoms with van der Waals surface area (Å²) in [6, 6.07) is 14.3. The van der Waals surface area contributed by atoms with Gasteiger partial charge in [0.05, 0.1) is 11.4 Å². The normalized spacial score (nSPS) is 18.3. The minimum Gasteiger partial charge on any atom is -0.506 e. The van der Waals surface area contributed by atoms with Gasteiger partial charge in [0.15, 0.2) is 0 Å². The lowest BCUT2D eigenvalue weighted by Gasteiger charge is -2.27. The van der Waals surface area contributed by atoms with E-state index in [9.17, 15) is 9.90 Å². The Morgan fingerprint density at radius 3 is 2.48 bits per heavy atom. The summed E-state index contributed by atoms with van der Waals surface area (Å²) in [5, 5.41) is 9.82. The summed E-state index contributed by atoms with van der Waals surface area (Å²) in [7, 11) is 0. The number of phenolic OH excluding ortho intramolecular Hbond substituents is 1. The molecule has 2 aromatic carbocycles. The molecule has 1 amide bonds. The molecule has 1 saturated heterocycles. The van der Waals surface area contributed by atoms with E-state index in [2.05, 4.69) is 29.2 Å². The predicted molar refractivity (Wildman–Crippen MR) is 107 cm³/mol. The quantitative estimate of drug-likeness (QED) is 0.883. The van der Waals surface area contributed by atoms with Gasteiger partial charge in [-0.25, -0.2) is 0 Å². The Morgan fingerprint density at radius 2 is 1.78 bits per heavy atom. The molecule has 27 heavy (non-hydrogen) atoms. The van der Waals surface area contributed by atoms with Crippen LogP contribution in [0.25, 0.3) is 0 Å². The van der Waals surface area contributed by atoms with Crippen LogP contribution in [0.3, 0.4) is 0 Å². The van der Waals surface area contributed by atoms with E-state index in [-0.39, 0.29) is 11.7 Å². The molecule has 0 radical (unpaired) electrons. The number of phenols is 1. The summed E-state index contributed by atoms with van der Waals surface area (Å²) in [5.41, 5.74) is 3.79. The van der Waals surface area contributed by atoms with Crippen molar-refractivity contribution in [3.8, 4) is 5.75 Å². The monoisotopic (exact) mass is 384 g/mol. The van der Waals surface area contributed by atoms with Gasteiger partial charge in [-0.3, -0.25) is 9.69 Å². The van der Waals surface area contributed by atoms with Crippen LogP contribution in [0.1, 0.15) is 23.1 Å². The van der Waals surface area contributed by atoms with Crippen molar-refractivity contribution in [1.82, 2.24) is 9.80 Å². The second kappa shape index (κ2) is 7.91. The molecule has 1 fully saturated rings. The number of hydrogen-bond acceptors (Lipinski definition) is 3. The Kier molecular flexibility index (Phi) is 5.37. The van der Waals surface area contributed by atoms with Gasteiger partial charge in [0.1, 0.15) is 5.75 Å². The molecule has 0 aromatic heterocycles. The summed E-state index contributed by atoms with van der Waals surface area (Å²) in [6.07, 6.45) is 3.58. The average Bonchev–Trinajstić information content (AvgIpc) is 2.93. The van der Waals surface area contributed by atoms with Gasteiger partial charge in [-0.05, 0) is 48.1 Å². The van der Waals surface area contributed by atoms with Gasteiger partial charge >= 0.3 is 0 Å². The number of carbonyl (C=O) groups excluding carboxylic acids is 1. The number of halogens is 1. The van der Waals surface area contributed by atoms with Crippen LogP contribution < -0.4 is 0 Å². The molecule has 0 saturated carbocycles. The van der Waals surface area contributed by atoms with Gasteiger partial charge in [-0.15, -0.1) is 0 Å². The van der Waals surface area contributed by atoms with Gasteiger partial charge in [-0.2, -0.15) is 0 Å². The number of carbonyl (C=O) groups is 1. The lowest BCUT2D eigenvalue weighted by Crippen LogP contribution is -2.40. The zero-order valence-corrected chi connectivity index (χ0v) is 16.2. The molecule has 5 heteroatoms. The molecule has 4 rings (SSSR count). The second-order valence-electron chi connectivity index (χ2n) is 7.56. The van der Waals surface area contributed by atoms with Crippen LogP contribution in [0.15, 0.2) is 42.5 Å². The molecule has 2 aliphatic rings. The number of nitrogens with zero attached hydrogens (tertiary/aromatic N) is 2. The number of aromatic hydroxyl groups is 1. The summed E-state index contributed by atoms with van der Waals surface area (Å²) in [6.45, 7) is 3.56. The maximum absolute atomic E-state index is 12.7. The molecule has 0 unspecified atom stereocenters. The fourth-order valence-electron chi connectivity index (χ4n) is 4.29. The molecular formula is C22H25ClN2O2. The zero-order chi connectivity index (χ0) is 18.8. The minimum atomic E-state index is 0.0517. The maximum Gasteiger partial charge on any atom is 0.227 e. The number of fused-ring (bicyclic) bond motifs is 1. The first-order chi connectivity index (χ1) is 13.1. The van der Waals surface area contributed by atoms with E-state index in [0.717, 1.165) is 51.0 Å². The molecule has 1 heterocycles. The van der Waals surface area contributed by atoms with Gasteiger partial charge in [0.2, 0.25) is 5.91 Å². The highest BCUT2D eigenvalue weighted by Gasteiger charge is 2.28. The van der Waals surface area contributed by atoms with Gasteiger partial charge in [0.25, 0.3) is 0 Å². The van der Waals surface area contributed by atoms with Crippen molar-refractivity contribution in [3.05, 3.63) is 64.2 Å². The standard InChI is InChI=1S/C22H25ClN2O2/c23-20-12-16(6-7-21(20)26)13-22(27)25-9-3-8-24(10-11-25)19-14-17-4-1-2-5-18(17)15-19/h1-2,4-7,12,19,26H,3,8-11,13-15H2. The van der Waals surface area contributed by atoms with Crippen molar-refractivity contribution in [2.45, 2.75) is 31.7 Å². The van der Waals surface area contributed by atoms with Crippen LogP contribution in [-0.4, -0.2) is 53.0 Å². The smallest absolute Gasteiger partial charge is 0.227 e. The van der Waals surface area contributed by atoms with E-state index in [1.165, 1.54) is 11.1 Å². The lowest BCUT2D eigenvalue weighted by molar-refractivity contribution is -0.130. The highest BCUT2D eigenvalue weighted by Crippen LogP contribution is 2.27. The summed E-state index contributed by atoms with van der Waals surface area (Å²) >= 11 is 5.96.